The fraction of sp³-hybridized carbons (Fsp3) is 0.0789. The Bertz CT molecular complexity index is 7270. The molecule has 0 spiro atoms. The number of hydrogen-bond donors (Lipinski definition) is 0. The molecule has 1 fully saturated rings. The van der Waals surface area contributed by atoms with Gasteiger partial charge in [-0.3, -0.25) is 4.79 Å². The molecule has 0 aromatic heterocycles. The summed E-state index contributed by atoms with van der Waals surface area (Å²) in [5, 5.41) is 60.7. The van der Waals surface area contributed by atoms with Crippen LogP contribution in [0.1, 0.15) is 103 Å². The van der Waals surface area contributed by atoms with Crippen LogP contribution in [0.25, 0.3) is 72.2 Å². The van der Waals surface area contributed by atoms with Crippen molar-refractivity contribution in [1.82, 2.24) is 0 Å². The summed E-state index contributed by atoms with van der Waals surface area (Å²) in [6.07, 6.45) is 23.7. The second-order valence-electron chi connectivity index (χ2n) is 32.0. The first-order valence-corrected chi connectivity index (χ1v) is 42.3. The zero-order valence-corrected chi connectivity index (χ0v) is 76.1. The number of fused-ring (bicyclic) bond motifs is 4. The summed E-state index contributed by atoms with van der Waals surface area (Å²) in [4.78, 5) is 14.7. The van der Waals surface area contributed by atoms with Gasteiger partial charge in [-0.1, -0.05) is 238 Å². The number of hydrogen-bond acceptors (Lipinski definition) is 9. The van der Waals surface area contributed by atoms with E-state index in [2.05, 4.69) is 322 Å². The largest absolute Gasteiger partial charge is 0.718 e. The topological polar surface area (TPSA) is 212 Å². The number of anilines is 6. The Morgan fingerprint density at radius 1 is 0.428 bits per heavy atom. The monoisotopic (exact) mass is 2020 g/mol. The number of benzene rings is 13. The first-order valence-electron chi connectivity index (χ1n) is 42.3. The van der Waals surface area contributed by atoms with Gasteiger partial charge < -0.3 is 20.6 Å². The molecule has 0 saturated heterocycles. The average Bonchev–Trinajstić information content (AvgIpc) is 1.54. The molecule has 0 bridgehead atoms. The molecule has 681 valence electrons. The summed E-state index contributed by atoms with van der Waals surface area (Å²) in [6.45, 7) is 10.2. The zero-order valence-electron chi connectivity index (χ0n) is 73.7. The Morgan fingerprint density at radius 3 is 1.28 bits per heavy atom. The summed E-state index contributed by atoms with van der Waals surface area (Å²) < 4.78 is 177. The Balaban J connectivity index is 0.000000192. The molecule has 4 aliphatic carbocycles. The number of para-hydroxylation sites is 1. The van der Waals surface area contributed by atoms with E-state index in [1.54, 1.807) is 6.08 Å². The van der Waals surface area contributed by atoms with Gasteiger partial charge in [0.1, 0.15) is 53.1 Å². The summed E-state index contributed by atoms with van der Waals surface area (Å²) >= 11 is 0. The van der Waals surface area contributed by atoms with Gasteiger partial charge in [-0.15, -0.1) is 35.9 Å². The van der Waals surface area contributed by atoms with Crippen molar-refractivity contribution in [1.29, 1.82) is 31.6 Å². The average molecular weight is 2020 g/mol. The van der Waals surface area contributed by atoms with Crippen LogP contribution in [0.3, 0.4) is 0 Å². The van der Waals surface area contributed by atoms with Gasteiger partial charge in [-0.05, 0) is 167 Å². The molecule has 18 rings (SSSR count). The van der Waals surface area contributed by atoms with Crippen LogP contribution in [0.15, 0.2) is 343 Å². The number of nitriles is 6. The molecule has 1 radical (unpaired) electrons. The SMILES string of the molecule is C/C=C/C(C)=O.CC1(C)c2ccccc2-c2ccc(N(c3ccc(-c4ccccc4)cc3)c3ccc(-c4ccc(N(c5ccccc5)c5ccc(C6C=CC=CC6)cc5)cc4)c(-c4ccccc4)c3)cc21.CC1=C(c2[c-]cccc2)[N-]C2C=CC=CC2=C1.N#CC(=C1C(=C(C#N)c2c(F)c(F)c(C#N)c(F)c2F)C1=C(C#N)c1c(F)c(F)c(C#N)c(F)c1F)c1c(F)c(F)c(C#N)c(F)c1F.O.[Ir]. The maximum atomic E-state index is 15.0. The maximum absolute atomic E-state index is 15.0. The molecule has 2 unspecified atom stereocenters. The molecule has 11 nitrogen and oxygen atoms in total. The number of ketones is 1. The van der Waals surface area contributed by atoms with E-state index in [1.165, 1.54) is 79.8 Å². The van der Waals surface area contributed by atoms with Gasteiger partial charge in [-0.2, -0.15) is 37.1 Å². The van der Waals surface area contributed by atoms with Crippen molar-refractivity contribution in [3.63, 3.8) is 0 Å². The van der Waals surface area contributed by atoms with Crippen LogP contribution in [-0.2, 0) is 30.3 Å². The summed E-state index contributed by atoms with van der Waals surface area (Å²) in [5.41, 5.74) is 3.52. The molecule has 13 aromatic rings. The molecule has 0 amide bonds. The third kappa shape index (κ3) is 19.2. The molecule has 13 aromatic carbocycles. The minimum absolute atomic E-state index is 0. The predicted molar refractivity (Wildman–Crippen MR) is 506 cm³/mol. The first-order chi connectivity index (χ1) is 65.7. The minimum Gasteiger partial charge on any atom is -0.718 e. The third-order valence-corrected chi connectivity index (χ3v) is 23.5. The molecular formula is C114H73F12IrN9O2-2. The van der Waals surface area contributed by atoms with E-state index in [9.17, 15) is 46.9 Å². The number of carbonyl (C=O) groups is 1. The van der Waals surface area contributed by atoms with E-state index >= 15 is 26.3 Å². The zero-order chi connectivity index (χ0) is 96.5. The fourth-order valence-electron chi connectivity index (χ4n) is 16.9. The molecule has 2 N–H and O–H groups in total. The second kappa shape index (κ2) is 42.5. The molecule has 1 saturated carbocycles. The van der Waals surface area contributed by atoms with Crippen LogP contribution in [0.5, 0.6) is 0 Å². The Labute approximate surface area is 801 Å². The van der Waals surface area contributed by atoms with Gasteiger partial charge in [0.25, 0.3) is 0 Å². The van der Waals surface area contributed by atoms with Crippen molar-refractivity contribution in [2.45, 2.75) is 58.4 Å². The van der Waals surface area contributed by atoms with E-state index in [0.717, 1.165) is 93.8 Å². The molecule has 1 heterocycles. The number of halogens is 12. The van der Waals surface area contributed by atoms with Crippen molar-refractivity contribution in [3.8, 4) is 80.9 Å². The van der Waals surface area contributed by atoms with Crippen molar-refractivity contribution in [3.05, 3.63) is 480 Å². The van der Waals surface area contributed by atoms with E-state index < -0.39 is 137 Å². The standard InChI is InChI=1S/C63H50N2.C30F12N6.C16H13N.C5H8O.Ir.H2O/c1-63(2)61-26-16-15-25-58(61)59-42-40-56(44-62(59)63)65(54-35-29-48(30-36-54)46-19-9-4-10-20-46)55-39-41-57(60(43-55)49-21-11-5-12-22-49)50-31-37-53(38-32-50)64(51-23-13-6-14-24-51)52-33-27-47(28-34-52)45-17-7-3-8-18-45;31-19-10(4-46)20(32)26(38)16(25(19)37)7(1-43)13-14(8(2-44)17-27(39)21(33)11(5-47)22(34)28(17)40)15(13)9(3-45)18-29(41)23(35)12(6-48)24(36)30(18)42;1-12-11-14-9-5-6-10-15(14)17-16(12)13-7-3-2-4-8-13;1-3-4-5(2)6;;/h3-17,19-45H,18H2,1-2H3;;2-7,9-11,15H,1H3;3-4H,1-2H3;;1H2/q;;-2;;;/b;;;4-3+;;. The van der Waals surface area contributed by atoms with Crippen LogP contribution in [0, 0.1) is 144 Å². The summed E-state index contributed by atoms with van der Waals surface area (Å²) in [5.74, 6) is -29.3. The van der Waals surface area contributed by atoms with E-state index in [1.807, 2.05) is 25.1 Å². The van der Waals surface area contributed by atoms with Gasteiger partial charge >= 0.3 is 0 Å². The Morgan fingerprint density at radius 2 is 0.826 bits per heavy atom. The number of carbonyl (C=O) groups excluding carboxylic acids is 1. The number of rotatable bonds is 15. The summed E-state index contributed by atoms with van der Waals surface area (Å²) in [6, 6.07) is 98.8. The van der Waals surface area contributed by atoms with Crippen molar-refractivity contribution in [2.75, 3.05) is 9.80 Å². The molecule has 5 aliphatic rings. The predicted octanol–water partition coefficient (Wildman–Crippen LogP) is 29.1. The molecule has 1 aliphatic heterocycles. The fourth-order valence-corrected chi connectivity index (χ4v) is 16.9. The van der Waals surface area contributed by atoms with E-state index in [4.69, 9.17) is 21.1 Å². The Kier molecular flexibility index (Phi) is 30.4. The van der Waals surface area contributed by atoms with Gasteiger partial charge in [0, 0.05) is 82.3 Å². The van der Waals surface area contributed by atoms with Crippen LogP contribution in [-0.4, -0.2) is 17.3 Å². The van der Waals surface area contributed by atoms with E-state index in [-0.39, 0.29) is 42.8 Å². The molecular weight excluding hydrogens is 1950 g/mol. The van der Waals surface area contributed by atoms with Crippen LogP contribution >= 0.6 is 0 Å². The van der Waals surface area contributed by atoms with Gasteiger partial charge in [0.2, 0.25) is 0 Å². The van der Waals surface area contributed by atoms with Crippen molar-refractivity contribution >= 4 is 62.3 Å². The van der Waals surface area contributed by atoms with Crippen LogP contribution in [0.4, 0.5) is 86.8 Å². The normalized spacial score (nSPS) is 13.9. The van der Waals surface area contributed by atoms with Gasteiger partial charge in [0.15, 0.2) is 75.6 Å². The molecule has 24 heteroatoms. The second-order valence-corrected chi connectivity index (χ2v) is 32.0. The quantitative estimate of drug-likeness (QED) is 0.0313. The number of nitrogens with zero attached hydrogens (tertiary/aromatic N) is 9. The van der Waals surface area contributed by atoms with Crippen LogP contribution in [0.2, 0.25) is 0 Å². The van der Waals surface area contributed by atoms with Crippen LogP contribution < -0.4 is 9.80 Å². The first kappa shape index (κ1) is 98.5. The maximum Gasteiger partial charge on any atom is 0.180 e. The Hall–Kier alpha value is -17.0. The number of allylic oxidation sites excluding steroid dienone is 16. The third-order valence-electron chi connectivity index (χ3n) is 23.5. The van der Waals surface area contributed by atoms with Gasteiger partial charge in [-0.25, -0.2) is 58.4 Å². The van der Waals surface area contributed by atoms with E-state index in [0.29, 0.717) is 5.92 Å². The smallest absolute Gasteiger partial charge is 0.180 e. The molecule has 2 atom stereocenters. The summed E-state index contributed by atoms with van der Waals surface area (Å²) in [7, 11) is 0. The van der Waals surface area contributed by atoms with Crippen molar-refractivity contribution in [2.24, 2.45) is 0 Å². The van der Waals surface area contributed by atoms with Crippen molar-refractivity contribution < 1.29 is 83.1 Å². The molecule has 138 heavy (non-hydrogen) atoms. The minimum atomic E-state index is -2.53. The van der Waals surface area contributed by atoms with Gasteiger partial charge in [0.05, 0.1) is 33.4 Å².